The van der Waals surface area contributed by atoms with E-state index in [1.165, 1.54) is 14.2 Å². The number of ether oxygens (including phenoxy) is 2. The highest BCUT2D eigenvalue weighted by atomic mass is 16.5. The molecule has 0 aromatic heterocycles. The van der Waals surface area contributed by atoms with Crippen LogP contribution in [0, 0.1) is 5.92 Å². The fourth-order valence-electron chi connectivity index (χ4n) is 2.92. The molecule has 2 rings (SSSR count). The zero-order valence-corrected chi connectivity index (χ0v) is 18.4. The molecule has 2 aromatic carbocycles. The van der Waals surface area contributed by atoms with Gasteiger partial charge in [-0.25, -0.2) is 0 Å². The number of hydrogen-bond acceptors (Lipinski definition) is 5. The van der Waals surface area contributed by atoms with E-state index in [0.29, 0.717) is 22.6 Å². The lowest BCUT2D eigenvalue weighted by Crippen LogP contribution is -2.49. The lowest BCUT2D eigenvalue weighted by atomic mass is 10.0. The van der Waals surface area contributed by atoms with E-state index in [0.717, 1.165) is 5.56 Å². The molecule has 3 N–H and O–H groups in total. The zero-order valence-electron chi connectivity index (χ0n) is 18.4. The molecule has 0 radical (unpaired) electrons. The number of carbonyl (C=O) groups excluding carboxylic acids is 3. The average molecular weight is 428 g/mol. The quantitative estimate of drug-likeness (QED) is 0.569. The van der Waals surface area contributed by atoms with Gasteiger partial charge in [-0.1, -0.05) is 26.0 Å². The van der Waals surface area contributed by atoms with E-state index >= 15 is 0 Å². The summed E-state index contributed by atoms with van der Waals surface area (Å²) < 4.78 is 10.4. The highest BCUT2D eigenvalue weighted by Crippen LogP contribution is 2.22. The van der Waals surface area contributed by atoms with Gasteiger partial charge in [-0.3, -0.25) is 14.4 Å². The molecule has 0 saturated heterocycles. The van der Waals surface area contributed by atoms with Gasteiger partial charge >= 0.3 is 0 Å². The molecule has 1 unspecified atom stereocenters. The van der Waals surface area contributed by atoms with Crippen LogP contribution in [0.1, 0.15) is 40.1 Å². The van der Waals surface area contributed by atoms with Gasteiger partial charge in [0.15, 0.2) is 0 Å². The second kappa shape index (κ2) is 11.0. The summed E-state index contributed by atoms with van der Waals surface area (Å²) in [4.78, 5) is 37.1. The van der Waals surface area contributed by atoms with Crippen LogP contribution >= 0.6 is 0 Å². The fraction of sp³-hybridized carbons (Fsp3) is 0.348. The Hall–Kier alpha value is -3.55. The Labute approximate surface area is 182 Å². The summed E-state index contributed by atoms with van der Waals surface area (Å²) in [5.74, 6) is -0.0421. The van der Waals surface area contributed by atoms with Crippen molar-refractivity contribution in [2.24, 2.45) is 5.92 Å². The summed E-state index contributed by atoms with van der Waals surface area (Å²) >= 11 is 0. The molecular weight excluding hydrogens is 398 g/mol. The van der Waals surface area contributed by atoms with Gasteiger partial charge in [0, 0.05) is 30.8 Å². The topological polar surface area (TPSA) is 106 Å². The lowest BCUT2D eigenvalue weighted by molar-refractivity contribution is -0.124. The van der Waals surface area contributed by atoms with E-state index in [4.69, 9.17) is 9.47 Å². The van der Waals surface area contributed by atoms with Gasteiger partial charge in [-0.2, -0.15) is 0 Å². The third-order valence-corrected chi connectivity index (χ3v) is 4.76. The normalized spacial score (nSPS) is 11.4. The summed E-state index contributed by atoms with van der Waals surface area (Å²) in [6.07, 6.45) is 0. The molecule has 0 aliphatic rings. The van der Waals surface area contributed by atoms with E-state index < -0.39 is 11.9 Å². The van der Waals surface area contributed by atoms with Crippen LogP contribution in [0.2, 0.25) is 0 Å². The van der Waals surface area contributed by atoms with E-state index in [2.05, 4.69) is 16.0 Å². The standard InChI is InChI=1S/C23H29N3O5/c1-14(2)20(26-22(28)17-10-18(30-4)12-19(11-17)31-5)23(29)25-13-15-6-8-16(9-7-15)21(27)24-3/h6-12,14,20H,13H2,1-5H3,(H,24,27)(H,25,29)(H,26,28). The Morgan fingerprint density at radius 2 is 1.45 bits per heavy atom. The van der Waals surface area contributed by atoms with Crippen LogP contribution in [0.15, 0.2) is 42.5 Å². The monoisotopic (exact) mass is 427 g/mol. The highest BCUT2D eigenvalue weighted by molar-refractivity contribution is 5.98. The average Bonchev–Trinajstić information content (AvgIpc) is 2.79. The van der Waals surface area contributed by atoms with Gasteiger partial charge in [0.2, 0.25) is 5.91 Å². The number of rotatable bonds is 9. The fourth-order valence-corrected chi connectivity index (χ4v) is 2.92. The first-order chi connectivity index (χ1) is 14.8. The Bertz CT molecular complexity index is 903. The van der Waals surface area contributed by atoms with E-state index in [-0.39, 0.29) is 24.3 Å². The van der Waals surface area contributed by atoms with E-state index in [1.54, 1.807) is 49.5 Å². The number of amides is 3. The number of hydrogen-bond donors (Lipinski definition) is 3. The molecule has 0 fully saturated rings. The molecule has 166 valence electrons. The van der Waals surface area contributed by atoms with Crippen LogP contribution in [0.3, 0.4) is 0 Å². The molecule has 8 heteroatoms. The Morgan fingerprint density at radius 3 is 1.94 bits per heavy atom. The Balaban J connectivity index is 2.05. The molecule has 0 heterocycles. The molecule has 0 bridgehead atoms. The largest absolute Gasteiger partial charge is 0.497 e. The molecule has 0 spiro atoms. The third-order valence-electron chi connectivity index (χ3n) is 4.76. The first-order valence-corrected chi connectivity index (χ1v) is 9.91. The molecular formula is C23H29N3O5. The number of methoxy groups -OCH3 is 2. The molecule has 1 atom stereocenters. The number of benzene rings is 2. The molecule has 8 nitrogen and oxygen atoms in total. The summed E-state index contributed by atoms with van der Waals surface area (Å²) in [6, 6.07) is 11.0. The van der Waals surface area contributed by atoms with Crippen molar-refractivity contribution in [3.05, 3.63) is 59.2 Å². The number of carbonyl (C=O) groups is 3. The van der Waals surface area contributed by atoms with Gasteiger partial charge in [-0.15, -0.1) is 0 Å². The van der Waals surface area contributed by atoms with Gasteiger partial charge in [-0.05, 0) is 35.7 Å². The molecule has 31 heavy (non-hydrogen) atoms. The summed E-state index contributed by atoms with van der Waals surface area (Å²) in [6.45, 7) is 3.99. The van der Waals surface area contributed by atoms with Crippen molar-refractivity contribution >= 4 is 17.7 Å². The van der Waals surface area contributed by atoms with Crippen molar-refractivity contribution in [1.29, 1.82) is 0 Å². The van der Waals surface area contributed by atoms with Crippen molar-refractivity contribution < 1.29 is 23.9 Å². The lowest BCUT2D eigenvalue weighted by Gasteiger charge is -2.22. The van der Waals surface area contributed by atoms with Crippen LogP contribution in [-0.2, 0) is 11.3 Å². The second-order valence-corrected chi connectivity index (χ2v) is 7.29. The molecule has 0 saturated carbocycles. The summed E-state index contributed by atoms with van der Waals surface area (Å²) in [7, 11) is 4.57. The van der Waals surface area contributed by atoms with Crippen molar-refractivity contribution in [2.75, 3.05) is 21.3 Å². The van der Waals surface area contributed by atoms with Crippen LogP contribution in [0.4, 0.5) is 0 Å². The van der Waals surface area contributed by atoms with Gasteiger partial charge < -0.3 is 25.4 Å². The second-order valence-electron chi connectivity index (χ2n) is 7.29. The van der Waals surface area contributed by atoms with E-state index in [9.17, 15) is 14.4 Å². The molecule has 0 aliphatic carbocycles. The summed E-state index contributed by atoms with van der Waals surface area (Å²) in [5, 5.41) is 8.19. The third kappa shape index (κ3) is 6.47. The minimum Gasteiger partial charge on any atom is -0.497 e. The maximum Gasteiger partial charge on any atom is 0.252 e. The van der Waals surface area contributed by atoms with Gasteiger partial charge in [0.25, 0.3) is 11.8 Å². The van der Waals surface area contributed by atoms with Crippen LogP contribution < -0.4 is 25.4 Å². The molecule has 2 aromatic rings. The van der Waals surface area contributed by atoms with Crippen molar-refractivity contribution in [2.45, 2.75) is 26.4 Å². The minimum atomic E-state index is -0.727. The first kappa shape index (κ1) is 23.7. The summed E-state index contributed by atoms with van der Waals surface area (Å²) in [5.41, 5.74) is 1.71. The predicted molar refractivity (Wildman–Crippen MR) is 117 cm³/mol. The zero-order chi connectivity index (χ0) is 23.0. The molecule has 3 amide bonds. The van der Waals surface area contributed by atoms with E-state index in [1.807, 2.05) is 13.8 Å². The van der Waals surface area contributed by atoms with Crippen LogP contribution in [-0.4, -0.2) is 45.0 Å². The highest BCUT2D eigenvalue weighted by Gasteiger charge is 2.25. The SMILES string of the molecule is CNC(=O)c1ccc(CNC(=O)C(NC(=O)c2cc(OC)cc(OC)c2)C(C)C)cc1. The van der Waals surface area contributed by atoms with Crippen molar-refractivity contribution in [3.8, 4) is 11.5 Å². The molecule has 0 aliphatic heterocycles. The predicted octanol–water partition coefficient (Wildman–Crippen LogP) is 2.13. The van der Waals surface area contributed by atoms with Gasteiger partial charge in [0.1, 0.15) is 17.5 Å². The smallest absolute Gasteiger partial charge is 0.252 e. The minimum absolute atomic E-state index is 0.132. The van der Waals surface area contributed by atoms with Crippen molar-refractivity contribution in [3.63, 3.8) is 0 Å². The number of nitrogens with one attached hydrogen (secondary N) is 3. The Morgan fingerprint density at radius 1 is 0.871 bits per heavy atom. The van der Waals surface area contributed by atoms with Gasteiger partial charge in [0.05, 0.1) is 14.2 Å². The Kier molecular flexibility index (Phi) is 8.43. The van der Waals surface area contributed by atoms with Crippen LogP contribution in [0.5, 0.6) is 11.5 Å². The van der Waals surface area contributed by atoms with Crippen LogP contribution in [0.25, 0.3) is 0 Å². The maximum atomic E-state index is 12.8. The maximum absolute atomic E-state index is 12.8. The first-order valence-electron chi connectivity index (χ1n) is 9.91. The van der Waals surface area contributed by atoms with Crippen molar-refractivity contribution in [1.82, 2.24) is 16.0 Å².